The van der Waals surface area contributed by atoms with Crippen molar-refractivity contribution in [3.8, 4) is 6.07 Å². The zero-order valence-corrected chi connectivity index (χ0v) is 16.9. The highest BCUT2D eigenvalue weighted by Gasteiger charge is 2.13. The Morgan fingerprint density at radius 3 is 2.40 bits per heavy atom. The van der Waals surface area contributed by atoms with Crippen molar-refractivity contribution in [3.63, 3.8) is 0 Å². The molecule has 30 heavy (non-hydrogen) atoms. The molecular weight excluding hydrogens is 407 g/mol. The minimum atomic E-state index is -3.73. The van der Waals surface area contributed by atoms with Gasteiger partial charge in [-0.05, 0) is 55.5 Å². The number of anilines is 3. The highest BCUT2D eigenvalue weighted by molar-refractivity contribution is 7.89. The molecule has 1 heterocycles. The van der Waals surface area contributed by atoms with Crippen molar-refractivity contribution in [1.29, 1.82) is 5.26 Å². The molecular formula is C20H19FN6O2S. The van der Waals surface area contributed by atoms with Gasteiger partial charge in [-0.1, -0.05) is 0 Å². The minimum absolute atomic E-state index is 0.00962. The van der Waals surface area contributed by atoms with Gasteiger partial charge in [-0.3, -0.25) is 0 Å². The van der Waals surface area contributed by atoms with Crippen LogP contribution in [0.3, 0.4) is 0 Å². The van der Waals surface area contributed by atoms with Gasteiger partial charge in [0.15, 0.2) is 0 Å². The van der Waals surface area contributed by atoms with Gasteiger partial charge < -0.3 is 10.6 Å². The summed E-state index contributed by atoms with van der Waals surface area (Å²) in [5.41, 5.74) is 2.05. The maximum absolute atomic E-state index is 12.9. The Hall–Kier alpha value is -3.55. The molecule has 0 spiro atoms. The highest BCUT2D eigenvalue weighted by Crippen LogP contribution is 2.17. The molecule has 0 saturated heterocycles. The van der Waals surface area contributed by atoms with Gasteiger partial charge >= 0.3 is 0 Å². The Balaban J connectivity index is 1.57. The molecule has 0 aliphatic carbocycles. The molecule has 0 aliphatic rings. The van der Waals surface area contributed by atoms with E-state index in [9.17, 15) is 12.8 Å². The molecule has 0 bridgehead atoms. The predicted molar refractivity (Wildman–Crippen MR) is 111 cm³/mol. The Morgan fingerprint density at radius 2 is 1.73 bits per heavy atom. The van der Waals surface area contributed by atoms with Crippen LogP contribution in [-0.2, 0) is 10.0 Å². The average molecular weight is 426 g/mol. The van der Waals surface area contributed by atoms with Gasteiger partial charge in [0.25, 0.3) is 0 Å². The van der Waals surface area contributed by atoms with Crippen LogP contribution in [-0.4, -0.2) is 31.5 Å². The van der Waals surface area contributed by atoms with Crippen LogP contribution in [0.1, 0.15) is 11.3 Å². The minimum Gasteiger partial charge on any atom is -0.353 e. The van der Waals surface area contributed by atoms with E-state index in [2.05, 4.69) is 31.4 Å². The first-order valence-corrected chi connectivity index (χ1v) is 10.5. The number of nitriles is 1. The van der Waals surface area contributed by atoms with Crippen LogP contribution in [0.2, 0.25) is 0 Å². The topological polar surface area (TPSA) is 120 Å². The summed E-state index contributed by atoms with van der Waals surface area (Å²) in [5.74, 6) is 0.395. The molecule has 0 saturated carbocycles. The molecule has 0 fully saturated rings. The van der Waals surface area contributed by atoms with Crippen molar-refractivity contribution in [2.45, 2.75) is 11.8 Å². The van der Waals surface area contributed by atoms with Crippen LogP contribution >= 0.6 is 0 Å². The number of nitrogens with zero attached hydrogens (tertiary/aromatic N) is 3. The molecule has 0 radical (unpaired) electrons. The lowest BCUT2D eigenvalue weighted by atomic mass is 10.2. The maximum atomic E-state index is 12.9. The number of aromatic nitrogens is 2. The lowest BCUT2D eigenvalue weighted by Crippen LogP contribution is -2.29. The summed E-state index contributed by atoms with van der Waals surface area (Å²) in [6.07, 6.45) is 0. The lowest BCUT2D eigenvalue weighted by molar-refractivity contribution is 0.582. The van der Waals surface area contributed by atoms with E-state index in [0.29, 0.717) is 17.3 Å². The highest BCUT2D eigenvalue weighted by atomic mass is 32.2. The van der Waals surface area contributed by atoms with Crippen molar-refractivity contribution in [3.05, 3.63) is 71.7 Å². The van der Waals surface area contributed by atoms with Gasteiger partial charge in [0.1, 0.15) is 11.6 Å². The molecule has 1 aromatic heterocycles. The second-order valence-electron chi connectivity index (χ2n) is 6.31. The van der Waals surface area contributed by atoms with Gasteiger partial charge in [-0.15, -0.1) is 0 Å². The van der Waals surface area contributed by atoms with E-state index in [0.717, 1.165) is 23.5 Å². The van der Waals surface area contributed by atoms with Crippen molar-refractivity contribution < 1.29 is 12.8 Å². The van der Waals surface area contributed by atoms with E-state index < -0.39 is 15.8 Å². The summed E-state index contributed by atoms with van der Waals surface area (Å²) in [7, 11) is -3.73. The summed E-state index contributed by atoms with van der Waals surface area (Å²) in [4.78, 5) is 8.63. The van der Waals surface area contributed by atoms with Crippen LogP contribution in [0.5, 0.6) is 0 Å². The summed E-state index contributed by atoms with van der Waals surface area (Å²) in [6, 6.07) is 15.4. The van der Waals surface area contributed by atoms with E-state index in [1.54, 1.807) is 30.3 Å². The quantitative estimate of drug-likeness (QED) is 0.474. The summed E-state index contributed by atoms with van der Waals surface area (Å²) >= 11 is 0. The molecule has 154 valence electrons. The van der Waals surface area contributed by atoms with Crippen LogP contribution in [0, 0.1) is 24.1 Å². The average Bonchev–Trinajstić information content (AvgIpc) is 2.72. The maximum Gasteiger partial charge on any atom is 0.240 e. The first-order valence-electron chi connectivity index (χ1n) is 8.98. The largest absolute Gasteiger partial charge is 0.353 e. The lowest BCUT2D eigenvalue weighted by Gasteiger charge is -2.11. The zero-order valence-electron chi connectivity index (χ0n) is 16.1. The van der Waals surface area contributed by atoms with Gasteiger partial charge in [-0.25, -0.2) is 22.5 Å². The molecule has 0 aliphatic heterocycles. The SMILES string of the molecule is Cc1cc(Nc2ccc(C#N)cc2)nc(NCCNS(=O)(=O)c2ccc(F)cc2)n1. The first-order chi connectivity index (χ1) is 14.4. The summed E-state index contributed by atoms with van der Waals surface area (Å²) < 4.78 is 39.8. The molecule has 2 aromatic carbocycles. The number of halogens is 1. The van der Waals surface area contributed by atoms with E-state index in [1.807, 2.05) is 6.92 Å². The number of sulfonamides is 1. The Kier molecular flexibility index (Phi) is 6.56. The second-order valence-corrected chi connectivity index (χ2v) is 8.08. The number of nitrogens with one attached hydrogen (secondary N) is 3. The van der Waals surface area contributed by atoms with E-state index in [4.69, 9.17) is 5.26 Å². The second kappa shape index (κ2) is 9.30. The Labute approximate surface area is 173 Å². The smallest absolute Gasteiger partial charge is 0.240 e. The van der Waals surface area contributed by atoms with Crippen LogP contribution in [0.25, 0.3) is 0 Å². The van der Waals surface area contributed by atoms with Crippen molar-refractivity contribution >= 4 is 27.5 Å². The first kappa shape index (κ1) is 21.2. The van der Waals surface area contributed by atoms with Crippen molar-refractivity contribution in [1.82, 2.24) is 14.7 Å². The molecule has 10 heteroatoms. The number of aryl methyl sites for hydroxylation is 1. The fourth-order valence-electron chi connectivity index (χ4n) is 2.54. The standard InChI is InChI=1S/C20H19FN6O2S/c1-14-12-19(26-17-6-2-15(13-22)3-7-17)27-20(25-14)23-10-11-24-30(28,29)18-8-4-16(21)5-9-18/h2-9,12,24H,10-11H2,1H3,(H2,23,25,26,27). The van der Waals surface area contributed by atoms with Crippen LogP contribution in [0.4, 0.5) is 21.8 Å². The fourth-order valence-corrected chi connectivity index (χ4v) is 3.58. The predicted octanol–water partition coefficient (Wildman–Crippen LogP) is 2.93. The monoisotopic (exact) mass is 426 g/mol. The molecule has 3 rings (SSSR count). The van der Waals surface area contributed by atoms with Crippen molar-refractivity contribution in [2.24, 2.45) is 0 Å². The van der Waals surface area contributed by atoms with Gasteiger partial charge in [0, 0.05) is 30.5 Å². The van der Waals surface area contributed by atoms with Gasteiger partial charge in [-0.2, -0.15) is 10.2 Å². The van der Waals surface area contributed by atoms with Crippen LogP contribution in [0.15, 0.2) is 59.5 Å². The molecule has 0 unspecified atom stereocenters. The van der Waals surface area contributed by atoms with E-state index in [-0.39, 0.29) is 18.0 Å². The van der Waals surface area contributed by atoms with Gasteiger partial charge in [0.05, 0.1) is 16.5 Å². The number of benzene rings is 2. The van der Waals surface area contributed by atoms with E-state index >= 15 is 0 Å². The number of rotatable bonds is 8. The van der Waals surface area contributed by atoms with Gasteiger partial charge in [0.2, 0.25) is 16.0 Å². The third kappa shape index (κ3) is 5.73. The number of hydrogen-bond donors (Lipinski definition) is 3. The summed E-state index contributed by atoms with van der Waals surface area (Å²) in [5, 5.41) is 15.0. The third-order valence-corrected chi connectivity index (χ3v) is 5.44. The van der Waals surface area contributed by atoms with Crippen molar-refractivity contribution in [2.75, 3.05) is 23.7 Å². The Bertz CT molecular complexity index is 1160. The van der Waals surface area contributed by atoms with Crippen LogP contribution < -0.4 is 15.4 Å². The fraction of sp³-hybridized carbons (Fsp3) is 0.150. The normalized spacial score (nSPS) is 11.0. The molecule has 3 N–H and O–H groups in total. The Morgan fingerprint density at radius 1 is 1.03 bits per heavy atom. The van der Waals surface area contributed by atoms with E-state index in [1.165, 1.54) is 12.1 Å². The molecule has 3 aromatic rings. The molecule has 0 amide bonds. The third-order valence-electron chi connectivity index (χ3n) is 3.96. The zero-order chi connectivity index (χ0) is 21.6. The number of hydrogen-bond acceptors (Lipinski definition) is 7. The summed E-state index contributed by atoms with van der Waals surface area (Å²) in [6.45, 7) is 2.16. The molecule has 0 atom stereocenters. The molecule has 8 nitrogen and oxygen atoms in total.